The van der Waals surface area contributed by atoms with E-state index in [9.17, 15) is 4.79 Å². The molecule has 1 fully saturated rings. The van der Waals surface area contributed by atoms with Crippen LogP contribution in [0.15, 0.2) is 29.3 Å². The molecule has 7 nitrogen and oxygen atoms in total. The lowest BCUT2D eigenvalue weighted by Crippen LogP contribution is -2.40. The van der Waals surface area contributed by atoms with Crippen molar-refractivity contribution in [3.63, 3.8) is 0 Å². The maximum atomic E-state index is 12.3. The van der Waals surface area contributed by atoms with E-state index in [0.717, 1.165) is 63.8 Å². The number of amides is 1. The third-order valence-electron chi connectivity index (χ3n) is 4.81. The van der Waals surface area contributed by atoms with E-state index in [4.69, 9.17) is 9.47 Å². The Labute approximate surface area is 204 Å². The summed E-state index contributed by atoms with van der Waals surface area (Å²) in [6.07, 6.45) is 3.13. The summed E-state index contributed by atoms with van der Waals surface area (Å²) in [4.78, 5) is 16.6. The second kappa shape index (κ2) is 14.6. The third kappa shape index (κ3) is 11.7. The Morgan fingerprint density at radius 2 is 1.97 bits per heavy atom. The van der Waals surface area contributed by atoms with Crippen molar-refractivity contribution in [1.82, 2.24) is 16.0 Å². The largest absolute Gasteiger partial charge is 0.381 e. The summed E-state index contributed by atoms with van der Waals surface area (Å²) in [6.45, 7) is 10.6. The summed E-state index contributed by atoms with van der Waals surface area (Å²) in [6, 6.07) is 7.64. The van der Waals surface area contributed by atoms with Gasteiger partial charge >= 0.3 is 0 Å². The van der Waals surface area contributed by atoms with Crippen LogP contribution >= 0.6 is 24.0 Å². The molecule has 0 aliphatic carbocycles. The van der Waals surface area contributed by atoms with Gasteiger partial charge in [-0.2, -0.15) is 0 Å². The summed E-state index contributed by atoms with van der Waals surface area (Å²) in [7, 11) is 1.75. The molecule has 8 heteroatoms. The van der Waals surface area contributed by atoms with E-state index in [2.05, 4.69) is 20.9 Å². The lowest BCUT2D eigenvalue weighted by Gasteiger charge is -2.21. The van der Waals surface area contributed by atoms with Crippen molar-refractivity contribution in [3.8, 4) is 0 Å². The summed E-state index contributed by atoms with van der Waals surface area (Å²) in [5.74, 6) is 1.32. The molecular formula is C23H39IN4O3. The first kappa shape index (κ1) is 27.6. The minimum absolute atomic E-state index is 0. The first-order valence-electron chi connectivity index (χ1n) is 10.9. The Kier molecular flexibility index (Phi) is 13.0. The topological polar surface area (TPSA) is 84.0 Å². The SMILES string of the molecule is CN=C(NCCCOCC1CCOCC1)NCc1cccc(C(=O)NC(C)(C)C)c1.I. The molecule has 31 heavy (non-hydrogen) atoms. The highest BCUT2D eigenvalue weighted by atomic mass is 127. The fourth-order valence-corrected chi connectivity index (χ4v) is 3.19. The van der Waals surface area contributed by atoms with Gasteiger partial charge in [0.25, 0.3) is 5.91 Å². The summed E-state index contributed by atoms with van der Waals surface area (Å²) >= 11 is 0. The van der Waals surface area contributed by atoms with Crippen LogP contribution in [0.1, 0.15) is 56.0 Å². The highest BCUT2D eigenvalue weighted by molar-refractivity contribution is 14.0. The van der Waals surface area contributed by atoms with Crippen molar-refractivity contribution in [3.05, 3.63) is 35.4 Å². The van der Waals surface area contributed by atoms with Crippen molar-refractivity contribution in [2.75, 3.05) is 40.0 Å². The molecule has 0 atom stereocenters. The first-order valence-corrected chi connectivity index (χ1v) is 10.9. The molecule has 0 spiro atoms. The predicted octanol–water partition coefficient (Wildman–Crippen LogP) is 3.33. The van der Waals surface area contributed by atoms with Crippen molar-refractivity contribution in [2.24, 2.45) is 10.9 Å². The number of benzene rings is 1. The first-order chi connectivity index (χ1) is 14.4. The molecule has 2 rings (SSSR count). The van der Waals surface area contributed by atoms with Crippen LogP contribution in [-0.2, 0) is 16.0 Å². The molecule has 0 radical (unpaired) electrons. The van der Waals surface area contributed by atoms with E-state index >= 15 is 0 Å². The van der Waals surface area contributed by atoms with Crippen LogP contribution in [0.5, 0.6) is 0 Å². The normalized spacial score (nSPS) is 15.2. The van der Waals surface area contributed by atoms with Gasteiger partial charge in [-0.05, 0) is 63.6 Å². The van der Waals surface area contributed by atoms with Crippen LogP contribution in [0.3, 0.4) is 0 Å². The maximum absolute atomic E-state index is 12.3. The van der Waals surface area contributed by atoms with Crippen LogP contribution in [0, 0.1) is 5.92 Å². The summed E-state index contributed by atoms with van der Waals surface area (Å²) < 4.78 is 11.2. The van der Waals surface area contributed by atoms with Gasteiger partial charge in [-0.25, -0.2) is 0 Å². The van der Waals surface area contributed by atoms with Crippen LogP contribution < -0.4 is 16.0 Å². The van der Waals surface area contributed by atoms with Crippen molar-refractivity contribution in [1.29, 1.82) is 0 Å². The van der Waals surface area contributed by atoms with E-state index in [0.29, 0.717) is 18.0 Å². The molecule has 1 amide bonds. The molecule has 0 unspecified atom stereocenters. The number of nitrogens with zero attached hydrogens (tertiary/aromatic N) is 1. The summed E-state index contributed by atoms with van der Waals surface area (Å²) in [5.41, 5.74) is 1.43. The lowest BCUT2D eigenvalue weighted by atomic mass is 10.0. The Hall–Kier alpha value is -1.39. The number of carbonyl (C=O) groups is 1. The van der Waals surface area contributed by atoms with E-state index in [1.807, 2.05) is 45.0 Å². The number of halogens is 1. The quantitative estimate of drug-likeness (QED) is 0.192. The smallest absolute Gasteiger partial charge is 0.251 e. The highest BCUT2D eigenvalue weighted by Crippen LogP contribution is 2.14. The average Bonchev–Trinajstić information content (AvgIpc) is 2.72. The Morgan fingerprint density at radius 3 is 2.65 bits per heavy atom. The van der Waals surface area contributed by atoms with Gasteiger partial charge in [-0.15, -0.1) is 24.0 Å². The zero-order valence-corrected chi connectivity index (χ0v) is 21.7. The Balaban J connectivity index is 0.00000480. The number of guanidine groups is 1. The van der Waals surface area contributed by atoms with Gasteiger partial charge in [0, 0.05) is 57.7 Å². The molecule has 176 valence electrons. The molecule has 0 saturated carbocycles. The van der Waals surface area contributed by atoms with E-state index in [-0.39, 0.29) is 35.4 Å². The van der Waals surface area contributed by atoms with Gasteiger partial charge in [0.2, 0.25) is 0 Å². The third-order valence-corrected chi connectivity index (χ3v) is 4.81. The number of ether oxygens (including phenoxy) is 2. The zero-order chi connectivity index (χ0) is 21.8. The fourth-order valence-electron chi connectivity index (χ4n) is 3.19. The highest BCUT2D eigenvalue weighted by Gasteiger charge is 2.15. The second-order valence-corrected chi connectivity index (χ2v) is 8.74. The van der Waals surface area contributed by atoms with Crippen molar-refractivity contribution in [2.45, 2.75) is 52.1 Å². The molecule has 1 aliphatic rings. The van der Waals surface area contributed by atoms with Crippen LogP contribution in [0.2, 0.25) is 0 Å². The van der Waals surface area contributed by atoms with Gasteiger partial charge in [-0.1, -0.05) is 12.1 Å². The standard InChI is InChI=1S/C23H38N4O3.HI/c1-23(2,3)27-21(28)20-8-5-7-19(15-20)16-26-22(24-4)25-11-6-12-30-17-18-9-13-29-14-10-18;/h5,7-8,15,18H,6,9-14,16-17H2,1-4H3,(H,27,28)(H2,24,25,26);1H. The molecule has 1 saturated heterocycles. The van der Waals surface area contributed by atoms with Gasteiger partial charge in [-0.3, -0.25) is 9.79 Å². The van der Waals surface area contributed by atoms with E-state index in [1.165, 1.54) is 0 Å². The molecule has 1 heterocycles. The molecule has 3 N–H and O–H groups in total. The molecule has 1 aliphatic heterocycles. The van der Waals surface area contributed by atoms with Gasteiger partial charge in [0.05, 0.1) is 0 Å². The van der Waals surface area contributed by atoms with Crippen LogP contribution in [0.25, 0.3) is 0 Å². The fraction of sp³-hybridized carbons (Fsp3) is 0.652. The van der Waals surface area contributed by atoms with Gasteiger partial charge in [0.15, 0.2) is 5.96 Å². The van der Waals surface area contributed by atoms with Gasteiger partial charge in [0.1, 0.15) is 0 Å². The molecule has 0 aromatic heterocycles. The number of carbonyl (C=O) groups excluding carboxylic acids is 1. The summed E-state index contributed by atoms with van der Waals surface area (Å²) in [5, 5.41) is 9.59. The second-order valence-electron chi connectivity index (χ2n) is 8.74. The number of aliphatic imine (C=N–C) groups is 1. The van der Waals surface area contributed by atoms with Crippen LogP contribution in [0.4, 0.5) is 0 Å². The minimum Gasteiger partial charge on any atom is -0.381 e. The van der Waals surface area contributed by atoms with E-state index < -0.39 is 0 Å². The zero-order valence-electron chi connectivity index (χ0n) is 19.3. The number of rotatable bonds is 9. The molecule has 1 aromatic rings. The van der Waals surface area contributed by atoms with Gasteiger partial charge < -0.3 is 25.4 Å². The monoisotopic (exact) mass is 546 g/mol. The Morgan fingerprint density at radius 1 is 1.23 bits per heavy atom. The van der Waals surface area contributed by atoms with Crippen molar-refractivity contribution >= 4 is 35.8 Å². The predicted molar refractivity (Wildman–Crippen MR) is 136 cm³/mol. The van der Waals surface area contributed by atoms with E-state index in [1.54, 1.807) is 7.05 Å². The molecule has 1 aromatic carbocycles. The number of hydrogen-bond acceptors (Lipinski definition) is 4. The molecule has 0 bridgehead atoms. The van der Waals surface area contributed by atoms with Crippen LogP contribution in [-0.4, -0.2) is 57.4 Å². The maximum Gasteiger partial charge on any atom is 0.251 e. The Bertz CT molecular complexity index is 686. The average molecular weight is 546 g/mol. The number of hydrogen-bond donors (Lipinski definition) is 3. The van der Waals surface area contributed by atoms with Crippen molar-refractivity contribution < 1.29 is 14.3 Å². The number of nitrogens with one attached hydrogen (secondary N) is 3. The molecular weight excluding hydrogens is 507 g/mol. The minimum atomic E-state index is -0.258. The lowest BCUT2D eigenvalue weighted by molar-refractivity contribution is 0.0203.